The normalized spacial score (nSPS) is 15.7. The molecule has 0 atom stereocenters. The number of hydrogen-bond acceptors (Lipinski definition) is 6. The molecule has 4 aromatic carbocycles. The Balaban J connectivity index is 0.000000162. The predicted molar refractivity (Wildman–Crippen MR) is 175 cm³/mol. The van der Waals surface area contributed by atoms with Crippen LogP contribution in [-0.4, -0.2) is 50.4 Å². The molecule has 0 aromatic heterocycles. The van der Waals surface area contributed by atoms with E-state index in [0.29, 0.717) is 18.5 Å². The number of aryl methyl sites for hydroxylation is 2. The van der Waals surface area contributed by atoms with Gasteiger partial charge in [-0.2, -0.15) is 9.15 Å². The van der Waals surface area contributed by atoms with E-state index in [9.17, 15) is 20.2 Å². The van der Waals surface area contributed by atoms with Gasteiger partial charge in [-0.15, -0.1) is 0 Å². The lowest BCUT2D eigenvalue weighted by molar-refractivity contribution is -0.598. The quantitative estimate of drug-likeness (QED) is 0.130. The number of benzene rings is 4. The predicted octanol–water partition coefficient (Wildman–Crippen LogP) is 7.45. The van der Waals surface area contributed by atoms with Crippen LogP contribution >= 0.6 is 0 Å². The van der Waals surface area contributed by atoms with Gasteiger partial charge in [0.05, 0.1) is 39.2 Å². The minimum absolute atomic E-state index is 0.121. The summed E-state index contributed by atoms with van der Waals surface area (Å²) in [4.78, 5) is 20.6. The molecule has 0 bridgehead atoms. The van der Waals surface area contributed by atoms with Gasteiger partial charge in [0.1, 0.15) is 11.5 Å². The topological polar surface area (TPSA) is 111 Å². The van der Waals surface area contributed by atoms with Crippen molar-refractivity contribution in [1.29, 1.82) is 0 Å². The van der Waals surface area contributed by atoms with E-state index >= 15 is 0 Å². The standard InChI is InChI=1S/C21H24NO.C15H12N3O5/c1-16-9-8-14-19-20(17-10-4-2-5-11-17)22(15-23-21(16)19)18-12-6-3-7-13-18;1-10-3-2-4-11-8-16(9-23-15(10)11)12-5-13(17(19)20)7-14(6-12)18(21)22/h2,4-5,8-11,14,18H,3,6-7,12-13,15H2,1H3;2-8H,9H2,1H3/q2*+1. The zero-order valence-corrected chi connectivity index (χ0v) is 25.9. The van der Waals surface area contributed by atoms with Crippen molar-refractivity contribution in [3.63, 3.8) is 0 Å². The number of nitro benzene ring substituents is 2. The summed E-state index contributed by atoms with van der Waals surface area (Å²) in [5.74, 6) is 1.79. The van der Waals surface area contributed by atoms with Crippen molar-refractivity contribution in [1.82, 2.24) is 0 Å². The molecule has 0 N–H and O–H groups in total. The lowest BCUT2D eigenvalue weighted by atomic mass is 9.92. The van der Waals surface area contributed by atoms with Gasteiger partial charge in [-0.25, -0.2) is 0 Å². The lowest BCUT2D eigenvalue weighted by Crippen LogP contribution is -2.40. The minimum Gasteiger partial charge on any atom is -0.435 e. The number of para-hydroxylation sites is 2. The molecule has 7 rings (SSSR count). The summed E-state index contributed by atoms with van der Waals surface area (Å²) < 4.78 is 16.0. The summed E-state index contributed by atoms with van der Waals surface area (Å²) in [7, 11) is 0. The van der Waals surface area contributed by atoms with Gasteiger partial charge in [-0.3, -0.25) is 20.2 Å². The van der Waals surface area contributed by atoms with Gasteiger partial charge in [0, 0.05) is 18.4 Å². The minimum atomic E-state index is -0.653. The molecule has 0 amide bonds. The molecule has 234 valence electrons. The molecule has 10 heteroatoms. The molecule has 10 nitrogen and oxygen atoms in total. The first-order valence-electron chi connectivity index (χ1n) is 15.5. The number of non-ortho nitro benzene ring substituents is 2. The number of fused-ring (bicyclic) bond motifs is 2. The van der Waals surface area contributed by atoms with Crippen molar-refractivity contribution in [3.8, 4) is 11.5 Å². The molecular formula is C36H36N4O6+2. The van der Waals surface area contributed by atoms with E-state index < -0.39 is 9.85 Å². The number of rotatable bonds is 5. The maximum atomic E-state index is 11.0. The zero-order valence-electron chi connectivity index (χ0n) is 25.9. The van der Waals surface area contributed by atoms with Crippen LogP contribution in [0.25, 0.3) is 0 Å². The Morgan fingerprint density at radius 1 is 0.717 bits per heavy atom. The Kier molecular flexibility index (Phi) is 8.87. The van der Waals surface area contributed by atoms with Gasteiger partial charge in [0.15, 0.2) is 12.3 Å². The van der Waals surface area contributed by atoms with Crippen LogP contribution in [0.2, 0.25) is 0 Å². The summed E-state index contributed by atoms with van der Waals surface area (Å²) in [6.07, 6.45) is 8.37. The smallest absolute Gasteiger partial charge is 0.292 e. The largest absolute Gasteiger partial charge is 0.435 e. The number of hydrogen-bond donors (Lipinski definition) is 0. The van der Waals surface area contributed by atoms with Gasteiger partial charge >= 0.3 is 0 Å². The first-order chi connectivity index (χ1) is 22.3. The van der Waals surface area contributed by atoms with Crippen molar-refractivity contribution < 1.29 is 28.5 Å². The van der Waals surface area contributed by atoms with E-state index in [4.69, 9.17) is 9.47 Å². The fourth-order valence-electron chi connectivity index (χ4n) is 6.40. The van der Waals surface area contributed by atoms with Crippen molar-refractivity contribution in [2.75, 3.05) is 13.5 Å². The summed E-state index contributed by atoms with van der Waals surface area (Å²) in [5.41, 5.74) is 6.56. The van der Waals surface area contributed by atoms with Crippen LogP contribution in [0.5, 0.6) is 11.5 Å². The Bertz CT molecular complexity index is 1830. The third kappa shape index (κ3) is 6.37. The summed E-state index contributed by atoms with van der Waals surface area (Å²) in [6.45, 7) is 4.85. The monoisotopic (exact) mass is 620 g/mol. The maximum absolute atomic E-state index is 11.0. The maximum Gasteiger partial charge on any atom is 0.292 e. The summed E-state index contributed by atoms with van der Waals surface area (Å²) >= 11 is 0. The Morgan fingerprint density at radius 2 is 1.35 bits per heavy atom. The molecule has 0 radical (unpaired) electrons. The second-order valence-corrected chi connectivity index (χ2v) is 11.8. The van der Waals surface area contributed by atoms with Crippen LogP contribution in [0, 0.1) is 34.1 Å². The zero-order chi connectivity index (χ0) is 32.2. The van der Waals surface area contributed by atoms with E-state index in [1.807, 2.05) is 25.1 Å². The Morgan fingerprint density at radius 3 is 2.02 bits per heavy atom. The molecule has 1 saturated carbocycles. The number of nitrogens with zero attached hydrogens (tertiary/aromatic N) is 4. The van der Waals surface area contributed by atoms with Crippen LogP contribution < -0.4 is 9.47 Å². The van der Waals surface area contributed by atoms with E-state index in [1.54, 1.807) is 10.8 Å². The highest BCUT2D eigenvalue weighted by Gasteiger charge is 2.34. The molecule has 2 aliphatic heterocycles. The number of nitro groups is 2. The van der Waals surface area contributed by atoms with Crippen molar-refractivity contribution in [3.05, 3.63) is 133 Å². The third-order valence-corrected chi connectivity index (χ3v) is 8.69. The highest BCUT2D eigenvalue weighted by Crippen LogP contribution is 2.33. The second kappa shape index (κ2) is 13.3. The summed E-state index contributed by atoms with van der Waals surface area (Å²) in [5, 5.41) is 22.0. The van der Waals surface area contributed by atoms with Gasteiger partial charge < -0.3 is 9.47 Å². The molecule has 4 aromatic rings. The molecule has 46 heavy (non-hydrogen) atoms. The SMILES string of the molecule is Cc1cccc2c1OC[N+](C1CCCCC1)=C2c1ccccc1.Cc1cccc2c1OC[N+](c1cc([N+](=O)[O-])cc([N+](=O)[O-])c1)=C2. The first kappa shape index (κ1) is 30.6. The molecular weight excluding hydrogens is 584 g/mol. The fourth-order valence-corrected chi connectivity index (χ4v) is 6.40. The van der Waals surface area contributed by atoms with E-state index in [2.05, 4.69) is 60.0 Å². The molecule has 3 aliphatic rings. The van der Waals surface area contributed by atoms with Gasteiger partial charge in [-0.05, 0) is 62.1 Å². The number of ether oxygens (including phenoxy) is 2. The van der Waals surface area contributed by atoms with Crippen LogP contribution in [0.4, 0.5) is 17.1 Å². The first-order valence-corrected chi connectivity index (χ1v) is 15.5. The van der Waals surface area contributed by atoms with Gasteiger partial charge in [-0.1, -0.05) is 48.9 Å². The molecule has 2 heterocycles. The second-order valence-electron chi connectivity index (χ2n) is 11.8. The average Bonchev–Trinajstić information content (AvgIpc) is 3.08. The van der Waals surface area contributed by atoms with Gasteiger partial charge in [0.2, 0.25) is 11.4 Å². The Labute approximate surface area is 267 Å². The molecule has 0 spiro atoms. The lowest BCUT2D eigenvalue weighted by Gasteiger charge is -2.27. The van der Waals surface area contributed by atoms with Crippen LogP contribution in [0.1, 0.15) is 59.9 Å². The van der Waals surface area contributed by atoms with Gasteiger partial charge in [0.25, 0.3) is 24.8 Å². The van der Waals surface area contributed by atoms with E-state index in [0.717, 1.165) is 28.7 Å². The average molecular weight is 621 g/mol. The molecule has 0 unspecified atom stereocenters. The van der Waals surface area contributed by atoms with Crippen LogP contribution in [0.15, 0.2) is 84.9 Å². The van der Waals surface area contributed by atoms with Crippen molar-refractivity contribution >= 4 is 29.0 Å². The third-order valence-electron chi connectivity index (χ3n) is 8.69. The van der Waals surface area contributed by atoms with Crippen LogP contribution in [0.3, 0.4) is 0 Å². The summed E-state index contributed by atoms with van der Waals surface area (Å²) in [6, 6.07) is 27.0. The van der Waals surface area contributed by atoms with Crippen molar-refractivity contribution in [2.45, 2.75) is 52.0 Å². The Hall–Kier alpha value is -5.38. The van der Waals surface area contributed by atoms with Crippen LogP contribution in [-0.2, 0) is 0 Å². The molecule has 1 aliphatic carbocycles. The van der Waals surface area contributed by atoms with Crippen molar-refractivity contribution in [2.24, 2.45) is 0 Å². The fraction of sp³-hybridized carbons (Fsp3) is 0.278. The molecule has 0 saturated heterocycles. The highest BCUT2D eigenvalue weighted by molar-refractivity contribution is 6.11. The van der Waals surface area contributed by atoms with E-state index in [1.165, 1.54) is 66.6 Å². The molecule has 1 fully saturated rings. The van der Waals surface area contributed by atoms with E-state index in [-0.39, 0.29) is 18.1 Å². The highest BCUT2D eigenvalue weighted by atomic mass is 16.6.